The highest BCUT2D eigenvalue weighted by Gasteiger charge is 2.25. The number of benzene rings is 3. The minimum atomic E-state index is 0.879. The lowest BCUT2D eigenvalue weighted by Gasteiger charge is -2.27. The van der Waals surface area contributed by atoms with Gasteiger partial charge in [0, 0.05) is 15.2 Å². The average Bonchev–Trinajstić information content (AvgIpc) is 2.54. The van der Waals surface area contributed by atoms with Crippen LogP contribution in [-0.4, -0.2) is 0 Å². The number of allylic oxidation sites excluding steroid dienone is 2. The third kappa shape index (κ3) is 1.44. The molecule has 0 unspecified atom stereocenters. The fourth-order valence-electron chi connectivity index (χ4n) is 3.71. The summed E-state index contributed by atoms with van der Waals surface area (Å²) in [7, 11) is 0. The first-order valence-electron chi connectivity index (χ1n) is 7.47. The van der Waals surface area contributed by atoms with Crippen molar-refractivity contribution in [3.05, 3.63) is 72.8 Å². The summed E-state index contributed by atoms with van der Waals surface area (Å²) in [5.74, 6) is 0. The van der Waals surface area contributed by atoms with Crippen molar-refractivity contribution in [2.24, 2.45) is 0 Å². The topological polar surface area (TPSA) is 0 Å². The summed E-state index contributed by atoms with van der Waals surface area (Å²) >= 11 is 1.87. The van der Waals surface area contributed by atoms with Crippen LogP contribution in [0.5, 0.6) is 0 Å². The normalized spacial score (nSPS) is 15.1. The van der Waals surface area contributed by atoms with Gasteiger partial charge in [-0.2, -0.15) is 0 Å². The molecule has 0 radical (unpaired) electrons. The Balaban J connectivity index is 2.01. The third-order valence-electron chi connectivity index (χ3n) is 4.71. The number of fused-ring (bicyclic) bond motifs is 2. The second-order valence-corrected chi connectivity index (χ2v) is 7.09. The maximum absolute atomic E-state index is 4.27. The standard InChI is InChI=1S/C21H14S/c1-12-11-13(2)15-9-10-19-21-17(8-7-14(12)20(15)21)16-5-3-4-6-18(16)22-19/h3-10H,1-2,11H2. The quantitative estimate of drug-likeness (QED) is 0.362. The first-order chi connectivity index (χ1) is 10.7. The Labute approximate surface area is 134 Å². The zero-order chi connectivity index (χ0) is 14.8. The zero-order valence-corrected chi connectivity index (χ0v) is 13.0. The molecule has 0 fully saturated rings. The van der Waals surface area contributed by atoms with Crippen LogP contribution in [0, 0.1) is 0 Å². The number of rotatable bonds is 0. The third-order valence-corrected chi connectivity index (χ3v) is 5.84. The summed E-state index contributed by atoms with van der Waals surface area (Å²) in [4.78, 5) is 2.68. The summed E-state index contributed by atoms with van der Waals surface area (Å²) in [6.07, 6.45) is 0.879. The molecule has 1 aliphatic heterocycles. The number of hydrogen-bond donors (Lipinski definition) is 0. The van der Waals surface area contributed by atoms with Gasteiger partial charge in [0.1, 0.15) is 0 Å². The van der Waals surface area contributed by atoms with Gasteiger partial charge in [0.05, 0.1) is 0 Å². The fraction of sp³-hybridized carbons (Fsp3) is 0.0476. The first-order valence-corrected chi connectivity index (χ1v) is 8.29. The summed E-state index contributed by atoms with van der Waals surface area (Å²) < 4.78 is 0. The molecule has 1 heteroatoms. The molecular formula is C21H14S. The molecule has 0 amide bonds. The van der Waals surface area contributed by atoms with Gasteiger partial charge in [-0.25, -0.2) is 0 Å². The van der Waals surface area contributed by atoms with Crippen LogP contribution < -0.4 is 0 Å². The summed E-state index contributed by atoms with van der Waals surface area (Å²) in [6, 6.07) is 17.7. The van der Waals surface area contributed by atoms with Gasteiger partial charge in [0.15, 0.2) is 0 Å². The van der Waals surface area contributed by atoms with Crippen LogP contribution in [0.4, 0.5) is 0 Å². The summed E-state index contributed by atoms with van der Waals surface area (Å²) in [5, 5.41) is 2.72. The maximum Gasteiger partial charge on any atom is 0.0207 e. The molecule has 1 heterocycles. The van der Waals surface area contributed by atoms with Gasteiger partial charge in [-0.05, 0) is 57.3 Å². The van der Waals surface area contributed by atoms with E-state index in [1.54, 1.807) is 0 Å². The van der Waals surface area contributed by atoms with Gasteiger partial charge in [0.25, 0.3) is 0 Å². The zero-order valence-electron chi connectivity index (χ0n) is 12.1. The van der Waals surface area contributed by atoms with Crippen LogP contribution >= 0.6 is 11.8 Å². The van der Waals surface area contributed by atoms with E-state index in [2.05, 4.69) is 61.7 Å². The Morgan fingerprint density at radius 2 is 1.32 bits per heavy atom. The predicted molar refractivity (Wildman–Crippen MR) is 96.2 cm³/mol. The van der Waals surface area contributed by atoms with Crippen LogP contribution in [-0.2, 0) is 0 Å². The van der Waals surface area contributed by atoms with Crippen molar-refractivity contribution in [1.82, 2.24) is 0 Å². The van der Waals surface area contributed by atoms with E-state index in [0.717, 1.165) is 6.42 Å². The molecule has 0 N–H and O–H groups in total. The van der Waals surface area contributed by atoms with Crippen molar-refractivity contribution in [1.29, 1.82) is 0 Å². The number of hydrogen-bond acceptors (Lipinski definition) is 1. The molecule has 5 rings (SSSR count). The van der Waals surface area contributed by atoms with E-state index in [1.165, 1.54) is 54.0 Å². The lowest BCUT2D eigenvalue weighted by molar-refractivity contribution is 1.34. The molecule has 2 aliphatic rings. The van der Waals surface area contributed by atoms with E-state index >= 15 is 0 Å². The average molecular weight is 298 g/mol. The molecule has 104 valence electrons. The molecular weight excluding hydrogens is 284 g/mol. The highest BCUT2D eigenvalue weighted by molar-refractivity contribution is 7.99. The van der Waals surface area contributed by atoms with E-state index in [1.807, 2.05) is 11.8 Å². The van der Waals surface area contributed by atoms with Crippen LogP contribution in [0.1, 0.15) is 17.5 Å². The second-order valence-electron chi connectivity index (χ2n) is 6.00. The molecule has 3 aromatic rings. The van der Waals surface area contributed by atoms with Crippen LogP contribution in [0.2, 0.25) is 0 Å². The molecule has 0 bridgehead atoms. The second kappa shape index (κ2) is 4.15. The maximum atomic E-state index is 4.27. The SMILES string of the molecule is C=C1CC(=C)c2ccc3c4c(ccc1c24)Sc1ccccc1-3. The monoisotopic (exact) mass is 298 g/mol. The molecule has 0 atom stereocenters. The van der Waals surface area contributed by atoms with E-state index in [-0.39, 0.29) is 0 Å². The van der Waals surface area contributed by atoms with Gasteiger partial charge >= 0.3 is 0 Å². The van der Waals surface area contributed by atoms with Gasteiger partial charge in [0.2, 0.25) is 0 Å². The highest BCUT2D eigenvalue weighted by atomic mass is 32.2. The fourth-order valence-corrected chi connectivity index (χ4v) is 4.83. The minimum absolute atomic E-state index is 0.879. The van der Waals surface area contributed by atoms with Crippen LogP contribution in [0.3, 0.4) is 0 Å². The largest absolute Gasteiger partial charge is 0.0949 e. The van der Waals surface area contributed by atoms with Crippen molar-refractivity contribution in [2.45, 2.75) is 16.2 Å². The van der Waals surface area contributed by atoms with Crippen molar-refractivity contribution in [3.8, 4) is 11.1 Å². The molecule has 0 nitrogen and oxygen atoms in total. The Bertz CT molecular complexity index is 988. The lowest BCUT2D eigenvalue weighted by Crippen LogP contribution is -2.02. The van der Waals surface area contributed by atoms with Crippen molar-refractivity contribution >= 4 is 33.7 Å². The van der Waals surface area contributed by atoms with Gasteiger partial charge in [-0.3, -0.25) is 0 Å². The Morgan fingerprint density at radius 3 is 2.14 bits per heavy atom. The Kier molecular flexibility index (Phi) is 2.32. The molecule has 3 aromatic carbocycles. The van der Waals surface area contributed by atoms with Crippen molar-refractivity contribution in [2.75, 3.05) is 0 Å². The first kappa shape index (κ1) is 12.3. The van der Waals surface area contributed by atoms with E-state index in [0.29, 0.717) is 0 Å². The molecule has 0 saturated carbocycles. The predicted octanol–water partition coefficient (Wildman–Crippen LogP) is 6.40. The van der Waals surface area contributed by atoms with E-state index < -0.39 is 0 Å². The minimum Gasteiger partial charge on any atom is -0.0949 e. The highest BCUT2D eigenvalue weighted by Crippen LogP contribution is 2.52. The Morgan fingerprint density at radius 1 is 0.636 bits per heavy atom. The molecule has 22 heavy (non-hydrogen) atoms. The smallest absolute Gasteiger partial charge is 0.0207 e. The van der Waals surface area contributed by atoms with Gasteiger partial charge in [-0.15, -0.1) is 0 Å². The summed E-state index contributed by atoms with van der Waals surface area (Å²) in [6.45, 7) is 8.54. The van der Waals surface area contributed by atoms with Gasteiger partial charge in [-0.1, -0.05) is 61.3 Å². The van der Waals surface area contributed by atoms with Crippen molar-refractivity contribution in [3.63, 3.8) is 0 Å². The van der Waals surface area contributed by atoms with E-state index in [4.69, 9.17) is 0 Å². The summed E-state index contributed by atoms with van der Waals surface area (Å²) in [5.41, 5.74) is 7.64. The van der Waals surface area contributed by atoms with E-state index in [9.17, 15) is 0 Å². The molecule has 0 aromatic heterocycles. The van der Waals surface area contributed by atoms with Crippen LogP contribution in [0.15, 0.2) is 71.5 Å². The molecule has 0 saturated heterocycles. The van der Waals surface area contributed by atoms with Crippen LogP contribution in [0.25, 0.3) is 33.0 Å². The van der Waals surface area contributed by atoms with Crippen molar-refractivity contribution < 1.29 is 0 Å². The van der Waals surface area contributed by atoms with Gasteiger partial charge < -0.3 is 0 Å². The Hall–Kier alpha value is -2.25. The lowest BCUT2D eigenvalue weighted by atomic mass is 9.81. The molecule has 0 spiro atoms. The molecule has 1 aliphatic carbocycles.